The van der Waals surface area contributed by atoms with Gasteiger partial charge in [-0.1, -0.05) is 13.8 Å². The van der Waals surface area contributed by atoms with Gasteiger partial charge in [-0.2, -0.15) is 26.3 Å². The minimum absolute atomic E-state index is 0.226. The maximum absolute atomic E-state index is 12.5. The van der Waals surface area contributed by atoms with Gasteiger partial charge in [0.05, 0.1) is 12.8 Å². The largest absolute Gasteiger partial charge is 0.466 e. The minimum Gasteiger partial charge on any atom is -0.308 e. The smallest absolute Gasteiger partial charge is 0.308 e. The maximum Gasteiger partial charge on any atom is 0.466 e. The SMILES string of the molecule is CCC(C)NC(CC)(CC(F)(F)F)CC(F)(F)F.O=P(O)(O)O. The van der Waals surface area contributed by atoms with Crippen LogP contribution >= 0.6 is 7.82 Å². The molecule has 12 heteroatoms. The summed E-state index contributed by atoms with van der Waals surface area (Å²) in [5, 5.41) is 2.50. The first-order valence-electron chi connectivity index (χ1n) is 6.62. The summed E-state index contributed by atoms with van der Waals surface area (Å²) in [6.07, 6.45) is -11.9. The second-order valence-electron chi connectivity index (χ2n) is 5.18. The standard InChI is InChI=1S/C11H19F6N.H3O4P/c1-4-8(3)18-9(5-2,6-10(12,13)14)7-11(15,16)17;1-5(2,3)4/h8,18H,4-7H2,1-3H3;(H3,1,2,3,4). The number of alkyl halides is 6. The van der Waals surface area contributed by atoms with Gasteiger partial charge in [0.2, 0.25) is 0 Å². The van der Waals surface area contributed by atoms with Crippen LogP contribution in [0.5, 0.6) is 0 Å². The molecule has 0 aliphatic heterocycles. The Morgan fingerprint density at radius 1 is 0.957 bits per heavy atom. The zero-order chi connectivity index (χ0) is 19.1. The van der Waals surface area contributed by atoms with E-state index in [4.69, 9.17) is 19.2 Å². The van der Waals surface area contributed by atoms with Crippen molar-refractivity contribution in [2.45, 2.75) is 70.4 Å². The number of hydrogen-bond acceptors (Lipinski definition) is 2. The van der Waals surface area contributed by atoms with Gasteiger partial charge in [-0.15, -0.1) is 0 Å². The van der Waals surface area contributed by atoms with Crippen LogP contribution < -0.4 is 5.32 Å². The van der Waals surface area contributed by atoms with Gasteiger partial charge in [-0.25, -0.2) is 4.57 Å². The van der Waals surface area contributed by atoms with Gasteiger partial charge in [0.1, 0.15) is 0 Å². The van der Waals surface area contributed by atoms with Crippen LogP contribution in [0.15, 0.2) is 0 Å². The summed E-state index contributed by atoms with van der Waals surface area (Å²) in [5.41, 5.74) is -1.97. The molecule has 0 aliphatic carbocycles. The Bertz CT molecular complexity index is 357. The molecule has 23 heavy (non-hydrogen) atoms. The molecule has 0 spiro atoms. The van der Waals surface area contributed by atoms with Crippen molar-refractivity contribution in [1.29, 1.82) is 0 Å². The van der Waals surface area contributed by atoms with Gasteiger partial charge in [-0.3, -0.25) is 0 Å². The van der Waals surface area contributed by atoms with Crippen LogP contribution in [0.4, 0.5) is 26.3 Å². The highest BCUT2D eigenvalue weighted by atomic mass is 31.2. The van der Waals surface area contributed by atoms with Crippen molar-refractivity contribution in [3.05, 3.63) is 0 Å². The van der Waals surface area contributed by atoms with Crippen LogP contribution in [0.1, 0.15) is 46.5 Å². The van der Waals surface area contributed by atoms with Crippen LogP contribution in [0.3, 0.4) is 0 Å². The second kappa shape index (κ2) is 9.22. The average molecular weight is 377 g/mol. The van der Waals surface area contributed by atoms with Gasteiger partial charge in [-0.05, 0) is 19.8 Å². The molecule has 0 bridgehead atoms. The molecule has 142 valence electrons. The molecular formula is C11H22F6NO4P. The molecule has 1 unspecified atom stereocenters. The van der Waals surface area contributed by atoms with E-state index in [1.54, 1.807) is 13.8 Å². The van der Waals surface area contributed by atoms with Crippen molar-refractivity contribution in [3.8, 4) is 0 Å². The average Bonchev–Trinajstić information content (AvgIpc) is 2.21. The molecule has 0 heterocycles. The lowest BCUT2D eigenvalue weighted by Crippen LogP contribution is -2.53. The summed E-state index contributed by atoms with van der Waals surface area (Å²) in [6.45, 7) is 4.63. The quantitative estimate of drug-likeness (QED) is 0.420. The third kappa shape index (κ3) is 17.8. The first-order chi connectivity index (χ1) is 9.93. The van der Waals surface area contributed by atoms with Gasteiger partial charge in [0, 0.05) is 11.6 Å². The summed E-state index contributed by atoms with van der Waals surface area (Å²) in [6, 6.07) is -0.394. The topological polar surface area (TPSA) is 89.8 Å². The Hall–Kier alpha value is -0.350. The van der Waals surface area contributed by atoms with E-state index in [9.17, 15) is 26.3 Å². The summed E-state index contributed by atoms with van der Waals surface area (Å²) in [5.74, 6) is 0. The summed E-state index contributed by atoms with van der Waals surface area (Å²) >= 11 is 0. The van der Waals surface area contributed by atoms with Gasteiger partial charge < -0.3 is 20.0 Å². The van der Waals surface area contributed by atoms with Crippen molar-refractivity contribution in [1.82, 2.24) is 5.32 Å². The third-order valence-corrected chi connectivity index (χ3v) is 2.92. The predicted molar refractivity (Wildman–Crippen MR) is 71.5 cm³/mol. The number of halogens is 6. The Kier molecular flexibility index (Phi) is 9.98. The monoisotopic (exact) mass is 377 g/mol. The molecule has 0 amide bonds. The van der Waals surface area contributed by atoms with Gasteiger partial charge in [0.25, 0.3) is 0 Å². The van der Waals surface area contributed by atoms with E-state index in [2.05, 4.69) is 5.32 Å². The lowest BCUT2D eigenvalue weighted by atomic mass is 9.86. The molecule has 0 aromatic heterocycles. The van der Waals surface area contributed by atoms with Crippen molar-refractivity contribution >= 4 is 7.82 Å². The first-order valence-corrected chi connectivity index (χ1v) is 8.19. The zero-order valence-corrected chi connectivity index (χ0v) is 13.8. The fraction of sp³-hybridized carbons (Fsp3) is 1.00. The molecule has 1 atom stereocenters. The fourth-order valence-electron chi connectivity index (χ4n) is 1.91. The highest BCUT2D eigenvalue weighted by Gasteiger charge is 2.48. The number of hydrogen-bond donors (Lipinski definition) is 4. The minimum atomic E-state index is -4.64. The van der Waals surface area contributed by atoms with Crippen molar-refractivity contribution in [2.75, 3.05) is 0 Å². The number of phosphoric acid groups is 1. The fourth-order valence-corrected chi connectivity index (χ4v) is 1.91. The highest BCUT2D eigenvalue weighted by Crippen LogP contribution is 2.38. The molecule has 0 saturated carbocycles. The van der Waals surface area contributed by atoms with Crippen LogP contribution in [0, 0.1) is 0 Å². The van der Waals surface area contributed by atoms with E-state index < -0.39 is 44.6 Å². The van der Waals surface area contributed by atoms with Crippen LogP contribution in [-0.2, 0) is 4.57 Å². The Morgan fingerprint density at radius 2 is 1.26 bits per heavy atom. The van der Waals surface area contributed by atoms with E-state index in [-0.39, 0.29) is 6.42 Å². The Labute approximate surface area is 130 Å². The van der Waals surface area contributed by atoms with E-state index >= 15 is 0 Å². The molecule has 0 radical (unpaired) electrons. The van der Waals surface area contributed by atoms with Crippen LogP contribution in [-0.4, -0.2) is 38.6 Å². The number of nitrogens with one attached hydrogen (secondary N) is 1. The van der Waals surface area contributed by atoms with Crippen molar-refractivity contribution < 1.29 is 45.6 Å². The molecule has 0 rings (SSSR count). The summed E-state index contributed by atoms with van der Waals surface area (Å²) in [4.78, 5) is 21.6. The predicted octanol–water partition coefficient (Wildman–Crippen LogP) is 3.50. The van der Waals surface area contributed by atoms with E-state index in [0.717, 1.165) is 0 Å². The third-order valence-electron chi connectivity index (χ3n) is 2.92. The van der Waals surface area contributed by atoms with Crippen molar-refractivity contribution in [2.24, 2.45) is 0 Å². The molecule has 0 aromatic rings. The number of rotatable bonds is 6. The maximum atomic E-state index is 12.5. The van der Waals surface area contributed by atoms with Crippen molar-refractivity contribution in [3.63, 3.8) is 0 Å². The molecule has 0 saturated heterocycles. The van der Waals surface area contributed by atoms with Gasteiger partial charge >= 0.3 is 20.2 Å². The van der Waals surface area contributed by atoms with E-state index in [0.29, 0.717) is 6.42 Å². The molecule has 0 aliphatic rings. The Morgan fingerprint density at radius 3 is 1.43 bits per heavy atom. The molecule has 4 N–H and O–H groups in total. The lowest BCUT2D eigenvalue weighted by Gasteiger charge is -2.38. The van der Waals surface area contributed by atoms with Gasteiger partial charge in [0.15, 0.2) is 0 Å². The first kappa shape index (κ1) is 24.9. The Balaban J connectivity index is 0. The lowest BCUT2D eigenvalue weighted by molar-refractivity contribution is -0.184. The zero-order valence-electron chi connectivity index (χ0n) is 12.9. The second-order valence-corrected chi connectivity index (χ2v) is 6.21. The summed E-state index contributed by atoms with van der Waals surface area (Å²) in [7, 11) is -4.64. The molecule has 0 fully saturated rings. The van der Waals surface area contributed by atoms with E-state index in [1.807, 2.05) is 0 Å². The normalized spacial score (nSPS) is 15.0. The van der Waals surface area contributed by atoms with Crippen LogP contribution in [0.2, 0.25) is 0 Å². The molecule has 0 aromatic carbocycles. The summed E-state index contributed by atoms with van der Waals surface area (Å²) < 4.78 is 83.6. The molecule has 5 nitrogen and oxygen atoms in total. The van der Waals surface area contributed by atoms with Crippen LogP contribution in [0.25, 0.3) is 0 Å². The highest BCUT2D eigenvalue weighted by molar-refractivity contribution is 7.45. The molecular weight excluding hydrogens is 355 g/mol. The van der Waals surface area contributed by atoms with E-state index in [1.165, 1.54) is 6.92 Å².